The Hall–Kier alpha value is -3.31. The Morgan fingerprint density at radius 3 is 2.68 bits per heavy atom. The number of aryl methyl sites for hydroxylation is 1. The molecule has 8 nitrogen and oxygen atoms in total. The number of benzene rings is 1. The van der Waals surface area contributed by atoms with Gasteiger partial charge in [0.15, 0.2) is 12.4 Å². The van der Waals surface area contributed by atoms with Crippen molar-refractivity contribution >= 4 is 28.9 Å². The standard InChI is InChI=1S/C19H17ClF3N5O3/c1-28-7-6-13(26-28)11-4-3-5-14(17(11)31-10-19(21,22)23)25-15-8-16(20)24-9-12(15)18(29)27-30-2/h3-9H,10H2,1-2H3,(H,24,25)(H,27,29). The zero-order chi connectivity index (χ0) is 22.6. The largest absolute Gasteiger partial charge is 0.481 e. The number of halogens is 4. The van der Waals surface area contributed by atoms with Crippen molar-refractivity contribution in [1.82, 2.24) is 20.2 Å². The number of ether oxygens (including phenoxy) is 1. The molecule has 0 saturated heterocycles. The number of carbonyl (C=O) groups is 1. The topological polar surface area (TPSA) is 90.3 Å². The van der Waals surface area contributed by atoms with E-state index < -0.39 is 18.7 Å². The van der Waals surface area contributed by atoms with Crippen LogP contribution < -0.4 is 15.5 Å². The van der Waals surface area contributed by atoms with Gasteiger partial charge in [-0.3, -0.25) is 14.3 Å². The summed E-state index contributed by atoms with van der Waals surface area (Å²) in [7, 11) is 2.94. The third-order valence-corrected chi connectivity index (χ3v) is 4.17. The van der Waals surface area contributed by atoms with Gasteiger partial charge >= 0.3 is 6.18 Å². The third-order valence-electron chi connectivity index (χ3n) is 3.96. The number of para-hydroxylation sites is 1. The number of anilines is 2. The first-order chi connectivity index (χ1) is 14.7. The van der Waals surface area contributed by atoms with E-state index in [1.807, 2.05) is 0 Å². The number of pyridine rings is 1. The van der Waals surface area contributed by atoms with E-state index >= 15 is 0 Å². The molecule has 0 aliphatic carbocycles. The van der Waals surface area contributed by atoms with Crippen molar-refractivity contribution in [3.8, 4) is 17.0 Å². The SMILES string of the molecule is CONC(=O)c1cnc(Cl)cc1Nc1cccc(-c2ccn(C)n2)c1OCC(F)(F)F. The molecule has 1 aromatic carbocycles. The van der Waals surface area contributed by atoms with E-state index in [9.17, 15) is 18.0 Å². The highest BCUT2D eigenvalue weighted by atomic mass is 35.5. The minimum Gasteiger partial charge on any atom is -0.481 e. The Morgan fingerprint density at radius 2 is 2.03 bits per heavy atom. The van der Waals surface area contributed by atoms with Crippen molar-refractivity contribution in [2.45, 2.75) is 6.18 Å². The Kier molecular flexibility index (Phi) is 6.66. The number of amides is 1. The maximum absolute atomic E-state index is 12.9. The summed E-state index contributed by atoms with van der Waals surface area (Å²) in [6.45, 7) is -1.51. The first-order valence-electron chi connectivity index (χ1n) is 8.76. The lowest BCUT2D eigenvalue weighted by Crippen LogP contribution is -2.23. The first-order valence-corrected chi connectivity index (χ1v) is 9.14. The molecule has 0 unspecified atom stereocenters. The summed E-state index contributed by atoms with van der Waals surface area (Å²) in [5.74, 6) is -0.725. The third kappa shape index (κ3) is 5.64. The van der Waals surface area contributed by atoms with Crippen molar-refractivity contribution in [2.24, 2.45) is 7.05 Å². The van der Waals surface area contributed by atoms with E-state index in [-0.39, 0.29) is 27.8 Å². The zero-order valence-electron chi connectivity index (χ0n) is 16.3. The summed E-state index contributed by atoms with van der Waals surface area (Å²) in [4.78, 5) is 20.7. The molecule has 2 aromatic heterocycles. The van der Waals surface area contributed by atoms with Crippen molar-refractivity contribution < 1.29 is 27.5 Å². The minimum absolute atomic E-state index is 0.0521. The molecule has 1 amide bonds. The van der Waals surface area contributed by atoms with E-state index in [0.717, 1.165) is 0 Å². The number of aromatic nitrogens is 3. The Bertz CT molecular complexity index is 1090. The predicted molar refractivity (Wildman–Crippen MR) is 107 cm³/mol. The van der Waals surface area contributed by atoms with Gasteiger partial charge in [-0.15, -0.1) is 0 Å². The highest BCUT2D eigenvalue weighted by Crippen LogP contribution is 2.39. The molecule has 0 aliphatic heterocycles. The maximum atomic E-state index is 12.9. The second kappa shape index (κ2) is 9.23. The normalized spacial score (nSPS) is 11.3. The van der Waals surface area contributed by atoms with Gasteiger partial charge in [0.25, 0.3) is 5.91 Å². The molecule has 31 heavy (non-hydrogen) atoms. The van der Waals surface area contributed by atoms with E-state index in [1.54, 1.807) is 31.4 Å². The summed E-state index contributed by atoms with van der Waals surface area (Å²) in [6.07, 6.45) is -1.70. The number of hydrogen-bond donors (Lipinski definition) is 2. The van der Waals surface area contributed by atoms with Gasteiger partial charge in [0, 0.05) is 25.0 Å². The molecule has 0 bridgehead atoms. The van der Waals surface area contributed by atoms with E-state index in [4.69, 9.17) is 16.3 Å². The van der Waals surface area contributed by atoms with E-state index in [0.29, 0.717) is 11.3 Å². The smallest absolute Gasteiger partial charge is 0.422 e. The van der Waals surface area contributed by atoms with Gasteiger partial charge in [0.1, 0.15) is 5.15 Å². The van der Waals surface area contributed by atoms with Gasteiger partial charge in [-0.1, -0.05) is 17.7 Å². The average Bonchev–Trinajstić information content (AvgIpc) is 3.12. The van der Waals surface area contributed by atoms with Gasteiger partial charge in [-0.05, 0) is 24.3 Å². The Morgan fingerprint density at radius 1 is 1.26 bits per heavy atom. The maximum Gasteiger partial charge on any atom is 0.422 e. The number of alkyl halides is 3. The highest BCUT2D eigenvalue weighted by molar-refractivity contribution is 6.29. The molecule has 3 aromatic rings. The predicted octanol–water partition coefficient (Wildman–Crippen LogP) is 4.11. The summed E-state index contributed by atoms with van der Waals surface area (Å²) >= 11 is 5.95. The second-order valence-electron chi connectivity index (χ2n) is 6.27. The lowest BCUT2D eigenvalue weighted by molar-refractivity contribution is -0.153. The summed E-state index contributed by atoms with van der Waals surface area (Å²) in [6, 6.07) is 7.69. The molecule has 0 saturated carbocycles. The van der Waals surface area contributed by atoms with Crippen LogP contribution in [-0.4, -0.2) is 40.6 Å². The summed E-state index contributed by atoms with van der Waals surface area (Å²) in [5, 5.41) is 7.21. The summed E-state index contributed by atoms with van der Waals surface area (Å²) < 4.78 is 45.3. The number of rotatable bonds is 7. The van der Waals surface area contributed by atoms with E-state index in [2.05, 4.69) is 25.7 Å². The van der Waals surface area contributed by atoms with Gasteiger partial charge in [0.05, 0.1) is 29.7 Å². The molecule has 12 heteroatoms. The molecule has 0 fully saturated rings. The number of nitrogens with zero attached hydrogens (tertiary/aromatic N) is 3. The number of nitrogens with one attached hydrogen (secondary N) is 2. The van der Waals surface area contributed by atoms with Crippen LogP contribution in [0.25, 0.3) is 11.3 Å². The van der Waals surface area contributed by atoms with Crippen molar-refractivity contribution in [1.29, 1.82) is 0 Å². The van der Waals surface area contributed by atoms with Crippen molar-refractivity contribution in [3.05, 3.63) is 53.4 Å². The number of hydroxylamine groups is 1. The zero-order valence-corrected chi connectivity index (χ0v) is 17.1. The number of hydrogen-bond acceptors (Lipinski definition) is 6. The van der Waals surface area contributed by atoms with Crippen LogP contribution in [0.1, 0.15) is 10.4 Å². The van der Waals surface area contributed by atoms with Crippen LogP contribution in [0.2, 0.25) is 5.15 Å². The quantitative estimate of drug-likeness (QED) is 0.411. The molecule has 0 aliphatic rings. The molecular formula is C19H17ClF3N5O3. The van der Waals surface area contributed by atoms with Crippen molar-refractivity contribution in [2.75, 3.05) is 19.0 Å². The van der Waals surface area contributed by atoms with Crippen LogP contribution in [0.15, 0.2) is 42.7 Å². The Labute approximate surface area is 179 Å². The number of carbonyl (C=O) groups excluding carboxylic acids is 1. The molecule has 2 heterocycles. The fourth-order valence-corrected chi connectivity index (χ4v) is 2.87. The van der Waals surface area contributed by atoms with Gasteiger partial charge in [-0.25, -0.2) is 10.5 Å². The molecule has 3 rings (SSSR count). The summed E-state index contributed by atoms with van der Waals surface area (Å²) in [5.41, 5.74) is 3.30. The van der Waals surface area contributed by atoms with Crippen LogP contribution in [0.4, 0.5) is 24.5 Å². The van der Waals surface area contributed by atoms with Gasteiger partial charge in [0.2, 0.25) is 0 Å². The first kappa shape index (κ1) is 22.4. The molecule has 2 N–H and O–H groups in total. The molecule has 0 spiro atoms. The molecule has 0 atom stereocenters. The average molecular weight is 456 g/mol. The van der Waals surface area contributed by atoms with Crippen LogP contribution in [0, 0.1) is 0 Å². The van der Waals surface area contributed by atoms with Crippen LogP contribution in [0.5, 0.6) is 5.75 Å². The van der Waals surface area contributed by atoms with Crippen LogP contribution in [-0.2, 0) is 11.9 Å². The molecule has 164 valence electrons. The fraction of sp³-hybridized carbons (Fsp3) is 0.211. The Balaban J connectivity index is 2.07. The van der Waals surface area contributed by atoms with Gasteiger partial charge < -0.3 is 10.1 Å². The minimum atomic E-state index is -4.56. The van der Waals surface area contributed by atoms with Crippen molar-refractivity contribution in [3.63, 3.8) is 0 Å². The lowest BCUT2D eigenvalue weighted by atomic mass is 10.1. The van der Waals surface area contributed by atoms with Crippen LogP contribution >= 0.6 is 11.6 Å². The molecule has 0 radical (unpaired) electrons. The fourth-order valence-electron chi connectivity index (χ4n) is 2.71. The van der Waals surface area contributed by atoms with Gasteiger partial charge in [-0.2, -0.15) is 18.3 Å². The molecular weight excluding hydrogens is 439 g/mol. The van der Waals surface area contributed by atoms with E-state index in [1.165, 1.54) is 30.1 Å². The lowest BCUT2D eigenvalue weighted by Gasteiger charge is -2.18. The monoisotopic (exact) mass is 455 g/mol. The second-order valence-corrected chi connectivity index (χ2v) is 6.66. The highest BCUT2D eigenvalue weighted by Gasteiger charge is 2.30. The van der Waals surface area contributed by atoms with Crippen LogP contribution in [0.3, 0.4) is 0 Å².